The van der Waals surface area contributed by atoms with Gasteiger partial charge in [0.25, 0.3) is 5.91 Å². The fourth-order valence-corrected chi connectivity index (χ4v) is 3.97. The minimum atomic E-state index is -0.315. The third-order valence-corrected chi connectivity index (χ3v) is 5.05. The second kappa shape index (κ2) is 5.76. The SMILES string of the molecule is O=C(NCC1CCCO1)c1cn2c3c(cc(Br)cc3c1=O)CC2. The van der Waals surface area contributed by atoms with Crippen molar-refractivity contribution in [1.82, 2.24) is 9.88 Å². The summed E-state index contributed by atoms with van der Waals surface area (Å²) in [5.41, 5.74) is 2.11. The van der Waals surface area contributed by atoms with Crippen molar-refractivity contribution in [3.05, 3.63) is 44.2 Å². The molecule has 2 aromatic rings. The van der Waals surface area contributed by atoms with Crippen molar-refractivity contribution in [1.29, 1.82) is 0 Å². The molecule has 23 heavy (non-hydrogen) atoms. The maximum atomic E-state index is 12.7. The number of carbonyl (C=O) groups is 1. The third kappa shape index (κ3) is 2.60. The molecule has 3 heterocycles. The van der Waals surface area contributed by atoms with E-state index in [1.807, 2.05) is 10.6 Å². The number of nitrogens with one attached hydrogen (secondary N) is 1. The molecule has 1 fully saturated rings. The van der Waals surface area contributed by atoms with Crippen LogP contribution in [0.3, 0.4) is 0 Å². The van der Waals surface area contributed by atoms with Crippen LogP contribution in [0.4, 0.5) is 0 Å². The molecule has 1 aromatic carbocycles. The van der Waals surface area contributed by atoms with Gasteiger partial charge in [-0.3, -0.25) is 9.59 Å². The van der Waals surface area contributed by atoms with E-state index in [9.17, 15) is 9.59 Å². The van der Waals surface area contributed by atoms with Crippen LogP contribution in [0, 0.1) is 0 Å². The largest absolute Gasteiger partial charge is 0.376 e. The molecule has 4 rings (SSSR count). The molecule has 1 amide bonds. The van der Waals surface area contributed by atoms with E-state index >= 15 is 0 Å². The van der Waals surface area contributed by atoms with Crippen molar-refractivity contribution in [2.75, 3.05) is 13.2 Å². The number of hydrogen-bond acceptors (Lipinski definition) is 3. The number of ether oxygens (including phenoxy) is 1. The van der Waals surface area contributed by atoms with E-state index in [1.54, 1.807) is 12.3 Å². The Labute approximate surface area is 141 Å². The molecule has 0 saturated carbocycles. The van der Waals surface area contributed by atoms with E-state index in [2.05, 4.69) is 21.2 Å². The zero-order chi connectivity index (χ0) is 16.0. The number of aryl methyl sites for hydroxylation is 2. The second-order valence-corrected chi connectivity index (χ2v) is 7.04. The summed E-state index contributed by atoms with van der Waals surface area (Å²) in [7, 11) is 0. The summed E-state index contributed by atoms with van der Waals surface area (Å²) in [6.07, 6.45) is 4.63. The molecule has 1 aromatic heterocycles. The summed E-state index contributed by atoms with van der Waals surface area (Å²) in [5, 5.41) is 3.45. The first-order valence-electron chi connectivity index (χ1n) is 7.89. The summed E-state index contributed by atoms with van der Waals surface area (Å²) in [5.74, 6) is -0.315. The zero-order valence-corrected chi connectivity index (χ0v) is 14.2. The molecule has 0 radical (unpaired) electrons. The van der Waals surface area contributed by atoms with Gasteiger partial charge in [0.15, 0.2) is 0 Å². The van der Waals surface area contributed by atoms with Crippen molar-refractivity contribution in [2.45, 2.75) is 31.9 Å². The Morgan fingerprint density at radius 3 is 3.09 bits per heavy atom. The van der Waals surface area contributed by atoms with E-state index in [4.69, 9.17) is 4.74 Å². The summed E-state index contributed by atoms with van der Waals surface area (Å²) in [4.78, 5) is 25.2. The number of halogens is 1. The van der Waals surface area contributed by atoms with E-state index in [-0.39, 0.29) is 23.0 Å². The van der Waals surface area contributed by atoms with Gasteiger partial charge in [0.2, 0.25) is 5.43 Å². The summed E-state index contributed by atoms with van der Waals surface area (Å²) < 4.78 is 8.40. The number of nitrogens with zero attached hydrogens (tertiary/aromatic N) is 1. The van der Waals surface area contributed by atoms with Gasteiger partial charge < -0.3 is 14.6 Å². The Balaban J connectivity index is 1.69. The van der Waals surface area contributed by atoms with Crippen LogP contribution >= 0.6 is 15.9 Å². The lowest BCUT2D eigenvalue weighted by Gasteiger charge is -2.12. The van der Waals surface area contributed by atoms with Gasteiger partial charge in [0.1, 0.15) is 5.56 Å². The lowest BCUT2D eigenvalue weighted by molar-refractivity contribution is 0.0856. The van der Waals surface area contributed by atoms with Crippen molar-refractivity contribution in [2.24, 2.45) is 0 Å². The van der Waals surface area contributed by atoms with Crippen LogP contribution in [-0.2, 0) is 17.7 Å². The first-order chi connectivity index (χ1) is 11.1. The summed E-state index contributed by atoms with van der Waals surface area (Å²) >= 11 is 3.45. The van der Waals surface area contributed by atoms with Gasteiger partial charge in [-0.25, -0.2) is 0 Å². The van der Waals surface area contributed by atoms with Gasteiger partial charge in [0, 0.05) is 35.8 Å². The number of amides is 1. The predicted octanol–water partition coefficient (Wildman–Crippen LogP) is 2.23. The molecule has 120 valence electrons. The molecule has 1 saturated heterocycles. The van der Waals surface area contributed by atoms with Gasteiger partial charge in [-0.05, 0) is 37.0 Å². The fourth-order valence-electron chi connectivity index (χ4n) is 3.47. The van der Waals surface area contributed by atoms with E-state index in [0.717, 1.165) is 48.0 Å². The molecule has 1 unspecified atom stereocenters. The monoisotopic (exact) mass is 376 g/mol. The Kier molecular flexibility index (Phi) is 3.73. The summed E-state index contributed by atoms with van der Waals surface area (Å²) in [6.45, 7) is 2.01. The molecular weight excluding hydrogens is 360 g/mol. The van der Waals surface area contributed by atoms with Crippen LogP contribution in [0.15, 0.2) is 27.6 Å². The highest BCUT2D eigenvalue weighted by atomic mass is 79.9. The molecular formula is C17H17BrN2O3. The first-order valence-corrected chi connectivity index (χ1v) is 8.68. The second-order valence-electron chi connectivity index (χ2n) is 6.12. The smallest absolute Gasteiger partial charge is 0.256 e. The molecule has 1 atom stereocenters. The van der Waals surface area contributed by atoms with Gasteiger partial charge >= 0.3 is 0 Å². The predicted molar refractivity (Wildman–Crippen MR) is 90.9 cm³/mol. The lowest BCUT2D eigenvalue weighted by atomic mass is 10.1. The minimum absolute atomic E-state index is 0.0677. The Morgan fingerprint density at radius 1 is 1.43 bits per heavy atom. The average Bonchev–Trinajstić information content (AvgIpc) is 3.18. The van der Waals surface area contributed by atoms with Crippen molar-refractivity contribution < 1.29 is 9.53 Å². The molecule has 2 aliphatic heterocycles. The van der Waals surface area contributed by atoms with Crippen LogP contribution in [0.1, 0.15) is 28.8 Å². The highest BCUT2D eigenvalue weighted by Gasteiger charge is 2.22. The fraction of sp³-hybridized carbons (Fsp3) is 0.412. The maximum absolute atomic E-state index is 12.7. The van der Waals surface area contributed by atoms with Crippen molar-refractivity contribution in [3.63, 3.8) is 0 Å². The van der Waals surface area contributed by atoms with Crippen LogP contribution in [0.2, 0.25) is 0 Å². The van der Waals surface area contributed by atoms with Crippen LogP contribution in [0.25, 0.3) is 10.9 Å². The van der Waals surface area contributed by atoms with Gasteiger partial charge in [-0.2, -0.15) is 0 Å². The highest BCUT2D eigenvalue weighted by Crippen LogP contribution is 2.28. The molecule has 0 bridgehead atoms. The molecule has 5 nitrogen and oxygen atoms in total. The number of aromatic nitrogens is 1. The van der Waals surface area contributed by atoms with Crippen molar-refractivity contribution in [3.8, 4) is 0 Å². The number of hydrogen-bond donors (Lipinski definition) is 1. The maximum Gasteiger partial charge on any atom is 0.256 e. The highest BCUT2D eigenvalue weighted by molar-refractivity contribution is 9.10. The zero-order valence-electron chi connectivity index (χ0n) is 12.6. The van der Waals surface area contributed by atoms with Gasteiger partial charge in [-0.15, -0.1) is 0 Å². The van der Waals surface area contributed by atoms with Crippen molar-refractivity contribution >= 4 is 32.7 Å². The molecule has 0 aliphatic carbocycles. The van der Waals surface area contributed by atoms with Crippen LogP contribution in [-0.4, -0.2) is 29.7 Å². The first kappa shape index (κ1) is 14.9. The van der Waals surface area contributed by atoms with Gasteiger partial charge in [-0.1, -0.05) is 15.9 Å². The summed E-state index contributed by atoms with van der Waals surface area (Å²) in [6, 6.07) is 3.85. The normalized spacial score (nSPS) is 19.4. The van der Waals surface area contributed by atoms with Crippen LogP contribution in [0.5, 0.6) is 0 Å². The van der Waals surface area contributed by atoms with Gasteiger partial charge in [0.05, 0.1) is 11.6 Å². The Morgan fingerprint density at radius 2 is 2.30 bits per heavy atom. The number of rotatable bonds is 3. The third-order valence-electron chi connectivity index (χ3n) is 4.60. The number of carbonyl (C=O) groups excluding carboxylic acids is 1. The van der Waals surface area contributed by atoms with E-state index < -0.39 is 0 Å². The Bertz CT molecular complexity index is 853. The number of pyridine rings is 1. The van der Waals surface area contributed by atoms with E-state index in [0.29, 0.717) is 11.9 Å². The number of benzene rings is 1. The molecule has 1 N–H and O–H groups in total. The standard InChI is InChI=1S/C17H17BrN2O3/c18-11-6-10-3-4-20-9-14(16(21)13(7-11)15(10)20)17(22)19-8-12-2-1-5-23-12/h6-7,9,12H,1-5,8H2,(H,19,22). The van der Waals surface area contributed by atoms with E-state index in [1.165, 1.54) is 0 Å². The molecule has 2 aliphatic rings. The Hall–Kier alpha value is -1.66. The molecule has 6 heteroatoms. The average molecular weight is 377 g/mol. The molecule has 0 spiro atoms. The van der Waals surface area contributed by atoms with Crippen LogP contribution < -0.4 is 10.7 Å². The quantitative estimate of drug-likeness (QED) is 0.893. The lowest BCUT2D eigenvalue weighted by Crippen LogP contribution is -2.35. The minimum Gasteiger partial charge on any atom is -0.376 e. The topological polar surface area (TPSA) is 60.3 Å².